The van der Waals surface area contributed by atoms with Gasteiger partial charge >= 0.3 is 12.1 Å². The van der Waals surface area contributed by atoms with E-state index >= 15 is 0 Å². The minimum absolute atomic E-state index is 0.0226. The molecule has 2 aliphatic rings. The summed E-state index contributed by atoms with van der Waals surface area (Å²) in [5.41, 5.74) is 2.03. The summed E-state index contributed by atoms with van der Waals surface area (Å²) < 4.78 is 39.7. The molecule has 0 bridgehead atoms. The molecule has 1 aromatic heterocycles. The highest BCUT2D eigenvalue weighted by Gasteiger charge is 2.36. The maximum Gasteiger partial charge on any atom is 0.421 e. The summed E-state index contributed by atoms with van der Waals surface area (Å²) >= 11 is 0. The number of carboxylic acid groups (broad SMARTS) is 1. The first-order chi connectivity index (χ1) is 14.3. The van der Waals surface area contributed by atoms with Crippen molar-refractivity contribution in [3.8, 4) is 0 Å². The summed E-state index contributed by atoms with van der Waals surface area (Å²) in [7, 11) is 0. The van der Waals surface area contributed by atoms with Crippen molar-refractivity contribution >= 4 is 23.4 Å². The van der Waals surface area contributed by atoms with Gasteiger partial charge in [0.1, 0.15) is 11.4 Å². The number of fused-ring (bicyclic) bond motifs is 1. The molecule has 7 nitrogen and oxygen atoms in total. The predicted molar refractivity (Wildman–Crippen MR) is 105 cm³/mol. The van der Waals surface area contributed by atoms with Gasteiger partial charge in [-0.15, -0.1) is 0 Å². The third-order valence-electron chi connectivity index (χ3n) is 5.21. The number of aromatic nitrogens is 2. The molecule has 10 heteroatoms. The predicted octanol–water partition coefficient (Wildman–Crippen LogP) is 3.65. The second-order valence-corrected chi connectivity index (χ2v) is 7.65. The second-order valence-electron chi connectivity index (χ2n) is 7.65. The third-order valence-corrected chi connectivity index (χ3v) is 5.21. The van der Waals surface area contributed by atoms with Crippen LogP contribution in [0.15, 0.2) is 24.4 Å². The molecule has 0 saturated heterocycles. The summed E-state index contributed by atoms with van der Waals surface area (Å²) in [6.07, 6.45) is -1.17. The van der Waals surface area contributed by atoms with Gasteiger partial charge in [0.2, 0.25) is 5.95 Å². The van der Waals surface area contributed by atoms with Crippen molar-refractivity contribution in [1.82, 2.24) is 14.9 Å². The normalized spacial score (nSPS) is 16.8. The molecule has 2 aromatic rings. The fraction of sp³-hybridized carbons (Fsp3) is 0.450. The summed E-state index contributed by atoms with van der Waals surface area (Å²) in [4.78, 5) is 20.8. The number of hydrogen-bond acceptors (Lipinski definition) is 6. The minimum Gasteiger partial charge on any atom is -0.481 e. The molecule has 1 fully saturated rings. The topological polar surface area (TPSA) is 90.4 Å². The van der Waals surface area contributed by atoms with E-state index in [1.54, 1.807) is 0 Å². The second kappa shape index (κ2) is 8.10. The van der Waals surface area contributed by atoms with Gasteiger partial charge in [0.05, 0.1) is 6.42 Å². The fourth-order valence-corrected chi connectivity index (χ4v) is 3.45. The van der Waals surface area contributed by atoms with E-state index in [9.17, 15) is 18.0 Å². The van der Waals surface area contributed by atoms with Crippen molar-refractivity contribution in [2.75, 3.05) is 23.7 Å². The molecule has 1 saturated carbocycles. The monoisotopic (exact) mass is 421 g/mol. The molecule has 4 rings (SSSR count). The Morgan fingerprint density at radius 1 is 1.27 bits per heavy atom. The Balaban J connectivity index is 1.50. The summed E-state index contributed by atoms with van der Waals surface area (Å²) in [6.45, 7) is 1.90. The molecule has 160 valence electrons. The SMILES string of the molecule is O=C(O)CCN1CCc2ccc(Nc3ncc(C(F)(F)F)c(NC4CC4)n3)cc2C1. The standard InChI is InChI=1S/C20H22F3N5O2/c21-20(22,23)16-10-24-19(27-18(16)25-14-3-4-14)26-15-2-1-12-5-7-28(8-6-17(29)30)11-13(12)9-15/h1-2,9-10,14H,3-8,11H2,(H,29,30)(H2,24,25,26,27). The van der Waals surface area contributed by atoms with E-state index in [1.807, 2.05) is 18.2 Å². The number of rotatable bonds is 7. The van der Waals surface area contributed by atoms with Gasteiger partial charge < -0.3 is 15.7 Å². The number of carboxylic acids is 1. The number of nitrogens with zero attached hydrogens (tertiary/aromatic N) is 3. The molecule has 30 heavy (non-hydrogen) atoms. The van der Waals surface area contributed by atoms with Gasteiger partial charge in [-0.25, -0.2) is 4.98 Å². The van der Waals surface area contributed by atoms with Gasteiger partial charge in [-0.05, 0) is 42.5 Å². The molecule has 3 N–H and O–H groups in total. The molecule has 1 aliphatic heterocycles. The number of halogens is 3. The first kappa shape index (κ1) is 20.4. The van der Waals surface area contributed by atoms with E-state index in [-0.39, 0.29) is 24.2 Å². The molecule has 0 amide bonds. The molecule has 0 spiro atoms. The number of anilines is 3. The van der Waals surface area contributed by atoms with E-state index in [0.29, 0.717) is 18.8 Å². The van der Waals surface area contributed by atoms with Crippen LogP contribution in [0.2, 0.25) is 0 Å². The summed E-state index contributed by atoms with van der Waals surface area (Å²) in [5, 5.41) is 14.7. The van der Waals surface area contributed by atoms with Gasteiger partial charge in [-0.3, -0.25) is 9.69 Å². The van der Waals surface area contributed by atoms with E-state index in [0.717, 1.165) is 37.6 Å². The van der Waals surface area contributed by atoms with Crippen molar-refractivity contribution in [2.24, 2.45) is 0 Å². The number of benzene rings is 1. The number of nitrogens with one attached hydrogen (secondary N) is 2. The lowest BCUT2D eigenvalue weighted by molar-refractivity contribution is -0.138. The fourth-order valence-electron chi connectivity index (χ4n) is 3.45. The van der Waals surface area contributed by atoms with E-state index in [1.165, 1.54) is 5.56 Å². The largest absolute Gasteiger partial charge is 0.481 e. The Labute approximate surface area is 171 Å². The van der Waals surface area contributed by atoms with Gasteiger partial charge in [0.15, 0.2) is 0 Å². The lowest BCUT2D eigenvalue weighted by atomic mass is 9.99. The first-order valence-corrected chi connectivity index (χ1v) is 9.81. The highest BCUT2D eigenvalue weighted by Crippen LogP contribution is 2.36. The Morgan fingerprint density at radius 3 is 2.77 bits per heavy atom. The molecule has 2 heterocycles. The van der Waals surface area contributed by atoms with Gasteiger partial charge in [-0.2, -0.15) is 18.2 Å². The van der Waals surface area contributed by atoms with Crippen molar-refractivity contribution in [3.63, 3.8) is 0 Å². The molecule has 0 radical (unpaired) electrons. The molecule has 0 atom stereocenters. The van der Waals surface area contributed by atoms with Crippen LogP contribution in [0, 0.1) is 0 Å². The van der Waals surface area contributed by atoms with Crippen molar-refractivity contribution in [3.05, 3.63) is 41.1 Å². The van der Waals surface area contributed by atoms with Crippen LogP contribution in [0.3, 0.4) is 0 Å². The average molecular weight is 421 g/mol. The Bertz CT molecular complexity index is 947. The zero-order chi connectivity index (χ0) is 21.3. The third kappa shape index (κ3) is 4.99. The first-order valence-electron chi connectivity index (χ1n) is 9.81. The van der Waals surface area contributed by atoms with Gasteiger partial charge in [0, 0.05) is 37.6 Å². The Morgan fingerprint density at radius 2 is 2.07 bits per heavy atom. The van der Waals surface area contributed by atoms with Crippen molar-refractivity contribution < 1.29 is 23.1 Å². The van der Waals surface area contributed by atoms with E-state index < -0.39 is 17.7 Å². The Hall–Kier alpha value is -2.88. The maximum atomic E-state index is 13.2. The number of alkyl halides is 3. The molecular formula is C20H22F3N5O2. The zero-order valence-electron chi connectivity index (χ0n) is 16.2. The zero-order valence-corrected chi connectivity index (χ0v) is 16.2. The quantitative estimate of drug-likeness (QED) is 0.629. The molecule has 1 aromatic carbocycles. The van der Waals surface area contributed by atoms with Crippen molar-refractivity contribution in [1.29, 1.82) is 0 Å². The Kier molecular flexibility index (Phi) is 5.50. The highest BCUT2D eigenvalue weighted by molar-refractivity contribution is 5.67. The molecule has 1 aliphatic carbocycles. The minimum atomic E-state index is -4.53. The number of carbonyl (C=O) groups is 1. The summed E-state index contributed by atoms with van der Waals surface area (Å²) in [6, 6.07) is 5.76. The van der Waals surface area contributed by atoms with E-state index in [4.69, 9.17) is 5.11 Å². The van der Waals surface area contributed by atoms with Crippen LogP contribution in [-0.4, -0.2) is 45.1 Å². The maximum absolute atomic E-state index is 13.2. The van der Waals surface area contributed by atoms with Crippen molar-refractivity contribution in [2.45, 2.75) is 44.4 Å². The van der Waals surface area contributed by atoms with Crippen LogP contribution in [0.4, 0.5) is 30.6 Å². The lowest BCUT2D eigenvalue weighted by Gasteiger charge is -2.28. The average Bonchev–Trinajstić information content (AvgIpc) is 3.49. The van der Waals surface area contributed by atoms with Crippen LogP contribution in [-0.2, 0) is 23.9 Å². The number of aliphatic carboxylic acids is 1. The van der Waals surface area contributed by atoms with Gasteiger partial charge in [-0.1, -0.05) is 6.07 Å². The van der Waals surface area contributed by atoms with Gasteiger partial charge in [0.25, 0.3) is 0 Å². The molecule has 0 unspecified atom stereocenters. The van der Waals surface area contributed by atoms with Crippen LogP contribution in [0.25, 0.3) is 0 Å². The highest BCUT2D eigenvalue weighted by atomic mass is 19.4. The van der Waals surface area contributed by atoms with Crippen LogP contribution in [0.1, 0.15) is 36.0 Å². The van der Waals surface area contributed by atoms with Crippen LogP contribution >= 0.6 is 0 Å². The van der Waals surface area contributed by atoms with Crippen LogP contribution < -0.4 is 10.6 Å². The van der Waals surface area contributed by atoms with E-state index in [2.05, 4.69) is 25.5 Å². The summed E-state index contributed by atoms with van der Waals surface area (Å²) in [5.74, 6) is -0.948. The van der Waals surface area contributed by atoms with Crippen LogP contribution in [0.5, 0.6) is 0 Å². The number of hydrogen-bond donors (Lipinski definition) is 3. The smallest absolute Gasteiger partial charge is 0.421 e. The lowest BCUT2D eigenvalue weighted by Crippen LogP contribution is -2.32. The molecular weight excluding hydrogens is 399 g/mol.